The van der Waals surface area contributed by atoms with Crippen molar-refractivity contribution in [3.63, 3.8) is 0 Å². The van der Waals surface area contributed by atoms with Crippen LogP contribution in [0, 0.1) is 5.41 Å². The summed E-state index contributed by atoms with van der Waals surface area (Å²) in [7, 11) is 1.66. The predicted octanol–water partition coefficient (Wildman–Crippen LogP) is 5.02. The van der Waals surface area contributed by atoms with Gasteiger partial charge in [-0.1, -0.05) is 19.9 Å². The molecule has 1 aromatic carbocycles. The fraction of sp³-hybridized carbons (Fsp3) is 0.552. The van der Waals surface area contributed by atoms with E-state index in [0.717, 1.165) is 18.3 Å². The van der Waals surface area contributed by atoms with Crippen LogP contribution in [0.15, 0.2) is 46.7 Å². The number of hydrogen-bond acceptors (Lipinski definition) is 7. The molecule has 7 nitrogen and oxygen atoms in total. The van der Waals surface area contributed by atoms with Gasteiger partial charge in [0, 0.05) is 60.3 Å². The second-order valence-electron chi connectivity index (χ2n) is 10.9. The molecule has 0 amide bonds. The molecule has 2 fully saturated rings. The van der Waals surface area contributed by atoms with E-state index < -0.39 is 12.3 Å². The number of benzene rings is 1. The number of alkyl halides is 1. The third-order valence-corrected chi connectivity index (χ3v) is 8.70. The number of thioether (sulfide) groups is 1. The molecule has 0 bridgehead atoms. The Kier molecular flexibility index (Phi) is 9.44. The third kappa shape index (κ3) is 6.38. The number of aromatic nitrogens is 1. The Bertz CT molecular complexity index is 1170. The van der Waals surface area contributed by atoms with Gasteiger partial charge in [-0.15, -0.1) is 0 Å². The molecule has 1 saturated heterocycles. The molecule has 2 heterocycles. The van der Waals surface area contributed by atoms with Gasteiger partial charge in [-0.2, -0.15) is 11.8 Å². The summed E-state index contributed by atoms with van der Waals surface area (Å²) in [6, 6.07) is 6.59. The molecule has 1 aromatic heterocycles. The largest absolute Gasteiger partial charge is 0.390 e. The van der Waals surface area contributed by atoms with E-state index >= 15 is 0 Å². The van der Waals surface area contributed by atoms with Gasteiger partial charge >= 0.3 is 0 Å². The lowest BCUT2D eigenvalue weighted by atomic mass is 9.63. The zero-order chi connectivity index (χ0) is 27.3. The standard InChI is InChI=1S/C29H41FN6OS/c1-19(2)21-6-7-25(36-17-29(18-36)13-20(14-29)38-5)23-15-34-28(12-22(21)23)35-27(9-10-31-3)33-11-8-26(37)24(30)16-32-4/h6-7,9-10,12,15,19-20,24,26,32,37H,3,8,11,13-14,16-18H2,1-2,4-5H3,(H,33,34,35)/b10-9-. The summed E-state index contributed by atoms with van der Waals surface area (Å²) in [6.07, 6.45) is 7.87. The van der Waals surface area contributed by atoms with Gasteiger partial charge in [-0.3, -0.25) is 9.98 Å². The molecule has 2 atom stereocenters. The third-order valence-electron chi connectivity index (χ3n) is 7.70. The van der Waals surface area contributed by atoms with Crippen LogP contribution in [-0.4, -0.2) is 79.7 Å². The number of amidine groups is 1. The first-order valence-electron chi connectivity index (χ1n) is 13.4. The maximum atomic E-state index is 13.9. The number of pyridine rings is 1. The van der Waals surface area contributed by atoms with E-state index in [9.17, 15) is 9.50 Å². The summed E-state index contributed by atoms with van der Waals surface area (Å²) in [4.78, 5) is 15.5. The van der Waals surface area contributed by atoms with Crippen LogP contribution in [0.5, 0.6) is 0 Å². The van der Waals surface area contributed by atoms with Gasteiger partial charge in [0.2, 0.25) is 0 Å². The molecule has 2 aromatic rings. The van der Waals surface area contributed by atoms with Crippen molar-refractivity contribution >= 4 is 46.6 Å². The van der Waals surface area contributed by atoms with E-state index in [0.29, 0.717) is 23.0 Å². The average Bonchev–Trinajstić information content (AvgIpc) is 2.85. The van der Waals surface area contributed by atoms with Crippen molar-refractivity contribution in [1.82, 2.24) is 10.3 Å². The number of anilines is 2. The number of aliphatic hydroxyl groups is 1. The Balaban J connectivity index is 1.53. The molecule has 1 aliphatic heterocycles. The van der Waals surface area contributed by atoms with Gasteiger partial charge < -0.3 is 20.6 Å². The van der Waals surface area contributed by atoms with Gasteiger partial charge in [0.1, 0.15) is 17.8 Å². The SMILES string of the molecule is C=N/C=C\C(=N/CCC(O)C(F)CNC)Nc1cc2c(C(C)C)ccc(N3CC4(CC(SC)C4)C3)c2cn1. The van der Waals surface area contributed by atoms with E-state index in [4.69, 9.17) is 4.98 Å². The molecule has 38 heavy (non-hydrogen) atoms. The fourth-order valence-electron chi connectivity index (χ4n) is 5.58. The van der Waals surface area contributed by atoms with Gasteiger partial charge in [0.05, 0.1) is 6.10 Å². The smallest absolute Gasteiger partial charge is 0.138 e. The van der Waals surface area contributed by atoms with Crippen LogP contribution in [0.25, 0.3) is 10.8 Å². The molecule has 0 radical (unpaired) electrons. The first-order chi connectivity index (χ1) is 18.3. The Morgan fingerprint density at radius 2 is 2.11 bits per heavy atom. The van der Waals surface area contributed by atoms with Crippen LogP contribution >= 0.6 is 11.8 Å². The quantitative estimate of drug-likeness (QED) is 0.259. The lowest BCUT2D eigenvalue weighted by molar-refractivity contribution is 0.0735. The van der Waals surface area contributed by atoms with Gasteiger partial charge in [-0.25, -0.2) is 9.37 Å². The topological polar surface area (TPSA) is 85.1 Å². The predicted molar refractivity (Wildman–Crippen MR) is 161 cm³/mol. The zero-order valence-corrected chi connectivity index (χ0v) is 23.8. The highest BCUT2D eigenvalue weighted by atomic mass is 32.2. The summed E-state index contributed by atoms with van der Waals surface area (Å²) >= 11 is 2.00. The maximum Gasteiger partial charge on any atom is 0.138 e. The molecule has 4 rings (SSSR count). The maximum absolute atomic E-state index is 13.9. The molecule has 9 heteroatoms. The summed E-state index contributed by atoms with van der Waals surface area (Å²) in [5, 5.41) is 19.2. The number of aliphatic hydroxyl groups excluding tert-OH is 1. The highest BCUT2D eigenvalue weighted by Gasteiger charge is 2.52. The summed E-state index contributed by atoms with van der Waals surface area (Å²) in [5.41, 5.74) is 3.03. The number of nitrogens with zero attached hydrogens (tertiary/aromatic N) is 4. The van der Waals surface area contributed by atoms with Crippen molar-refractivity contribution in [1.29, 1.82) is 0 Å². The molecular formula is C29H41FN6OS. The lowest BCUT2D eigenvalue weighted by Crippen LogP contribution is -2.63. The second-order valence-corrected chi connectivity index (χ2v) is 12.0. The first-order valence-corrected chi connectivity index (χ1v) is 14.7. The minimum atomic E-state index is -1.33. The van der Waals surface area contributed by atoms with Crippen molar-refractivity contribution in [2.45, 2.75) is 56.6 Å². The second kappa shape index (κ2) is 12.6. The van der Waals surface area contributed by atoms with Crippen LogP contribution in [0.2, 0.25) is 0 Å². The van der Waals surface area contributed by atoms with Crippen LogP contribution in [0.3, 0.4) is 0 Å². The number of rotatable bonds is 12. The van der Waals surface area contributed by atoms with Crippen molar-refractivity contribution in [3.05, 3.63) is 42.2 Å². The lowest BCUT2D eigenvalue weighted by Gasteiger charge is -2.59. The van der Waals surface area contributed by atoms with E-state index in [-0.39, 0.29) is 19.5 Å². The monoisotopic (exact) mass is 540 g/mol. The molecule has 1 aliphatic carbocycles. The van der Waals surface area contributed by atoms with Crippen LogP contribution < -0.4 is 15.5 Å². The molecule has 1 saturated carbocycles. The minimum Gasteiger partial charge on any atom is -0.390 e. The average molecular weight is 541 g/mol. The van der Waals surface area contributed by atoms with E-state index in [2.05, 4.69) is 70.5 Å². The number of hydrogen-bond donors (Lipinski definition) is 3. The highest BCUT2D eigenvalue weighted by molar-refractivity contribution is 7.99. The van der Waals surface area contributed by atoms with Crippen molar-refractivity contribution in [3.8, 4) is 0 Å². The van der Waals surface area contributed by atoms with E-state index in [1.54, 1.807) is 19.3 Å². The number of halogens is 1. The Morgan fingerprint density at radius 1 is 1.34 bits per heavy atom. The van der Waals surface area contributed by atoms with Gasteiger partial charge in [0.25, 0.3) is 0 Å². The number of fused-ring (bicyclic) bond motifs is 1. The van der Waals surface area contributed by atoms with E-state index in [1.807, 2.05) is 18.0 Å². The molecular weight excluding hydrogens is 499 g/mol. The van der Waals surface area contributed by atoms with Crippen LogP contribution in [-0.2, 0) is 0 Å². The van der Waals surface area contributed by atoms with Crippen molar-refractivity contribution in [2.24, 2.45) is 15.4 Å². The first kappa shape index (κ1) is 28.5. The summed E-state index contributed by atoms with van der Waals surface area (Å²) < 4.78 is 13.9. The van der Waals surface area contributed by atoms with Crippen molar-refractivity contribution in [2.75, 3.05) is 49.7 Å². The fourth-order valence-corrected chi connectivity index (χ4v) is 6.62. The molecule has 2 unspecified atom stereocenters. The summed E-state index contributed by atoms with van der Waals surface area (Å²) in [6.45, 7) is 10.5. The van der Waals surface area contributed by atoms with Crippen LogP contribution in [0.1, 0.15) is 44.6 Å². The Hall–Kier alpha value is -2.49. The number of aliphatic imine (C=N–C) groups is 2. The molecule has 206 valence electrons. The van der Waals surface area contributed by atoms with E-state index in [1.165, 1.54) is 34.9 Å². The zero-order valence-electron chi connectivity index (χ0n) is 23.0. The summed E-state index contributed by atoms with van der Waals surface area (Å²) in [5.74, 6) is 1.56. The molecule has 3 N–H and O–H groups in total. The Morgan fingerprint density at radius 3 is 2.76 bits per heavy atom. The number of nitrogens with one attached hydrogen (secondary N) is 2. The normalized spacial score (nSPS) is 19.1. The van der Waals surface area contributed by atoms with Crippen molar-refractivity contribution < 1.29 is 9.50 Å². The highest BCUT2D eigenvalue weighted by Crippen LogP contribution is 2.54. The minimum absolute atomic E-state index is 0.105. The van der Waals surface area contributed by atoms with Crippen LogP contribution in [0.4, 0.5) is 15.9 Å². The Labute approximate surface area is 230 Å². The van der Waals surface area contributed by atoms with Gasteiger partial charge in [0.15, 0.2) is 0 Å². The molecule has 2 aliphatic rings. The molecule has 1 spiro atoms. The van der Waals surface area contributed by atoms with Gasteiger partial charge in [-0.05, 0) is 74.4 Å².